The molecule has 0 saturated carbocycles. The Labute approximate surface area is 105 Å². The van der Waals surface area contributed by atoms with Crippen molar-refractivity contribution >= 4 is 17.5 Å². The molecule has 0 aliphatic rings. The molecule has 0 fully saturated rings. The number of ketones is 1. The van der Waals surface area contributed by atoms with Gasteiger partial charge in [-0.05, 0) is 33.1 Å². The predicted molar refractivity (Wildman–Crippen MR) is 74.2 cm³/mol. The maximum atomic E-state index is 12.0. The van der Waals surface area contributed by atoms with Gasteiger partial charge in [0.15, 0.2) is 5.78 Å². The van der Waals surface area contributed by atoms with Crippen LogP contribution < -0.4 is 0 Å². The molecule has 0 heterocycles. The van der Waals surface area contributed by atoms with Crippen LogP contribution in [0, 0.1) is 0 Å². The van der Waals surface area contributed by atoms with E-state index in [1.54, 1.807) is 0 Å². The molecule has 1 atom stereocenters. The van der Waals surface area contributed by atoms with Crippen LogP contribution in [0.4, 0.5) is 0 Å². The molecule has 0 aromatic carbocycles. The van der Waals surface area contributed by atoms with Crippen molar-refractivity contribution < 1.29 is 4.79 Å². The van der Waals surface area contributed by atoms with Crippen LogP contribution in [-0.4, -0.2) is 40.3 Å². The van der Waals surface area contributed by atoms with Gasteiger partial charge in [0.25, 0.3) is 0 Å². The number of rotatable bonds is 7. The van der Waals surface area contributed by atoms with Crippen LogP contribution >= 0.6 is 11.8 Å². The van der Waals surface area contributed by atoms with Gasteiger partial charge >= 0.3 is 0 Å². The van der Waals surface area contributed by atoms with Gasteiger partial charge in [-0.3, -0.25) is 9.69 Å². The lowest BCUT2D eigenvalue weighted by atomic mass is 10.0. The minimum absolute atomic E-state index is 0.0680. The summed E-state index contributed by atoms with van der Waals surface area (Å²) in [6, 6.07) is 0.0833. The zero-order chi connectivity index (χ0) is 12.8. The Morgan fingerprint density at radius 2 is 1.81 bits per heavy atom. The zero-order valence-electron chi connectivity index (χ0n) is 11.7. The molecule has 96 valence electrons. The fraction of sp³-hybridized carbons (Fsp3) is 0.923. The molecule has 2 nitrogen and oxygen atoms in total. The molecular formula is C13H27NOS. The van der Waals surface area contributed by atoms with E-state index in [0.29, 0.717) is 12.2 Å². The molecule has 0 aliphatic carbocycles. The molecule has 0 radical (unpaired) electrons. The van der Waals surface area contributed by atoms with E-state index < -0.39 is 0 Å². The van der Waals surface area contributed by atoms with Gasteiger partial charge in [-0.1, -0.05) is 20.8 Å². The Bertz CT molecular complexity index is 210. The molecule has 0 rings (SSSR count). The molecule has 0 bridgehead atoms. The van der Waals surface area contributed by atoms with E-state index in [1.165, 1.54) is 0 Å². The fourth-order valence-electron chi connectivity index (χ4n) is 1.98. The molecular weight excluding hydrogens is 218 g/mol. The Kier molecular flexibility index (Phi) is 7.32. The second-order valence-electron chi connectivity index (χ2n) is 4.95. The van der Waals surface area contributed by atoms with Crippen molar-refractivity contribution in [1.29, 1.82) is 0 Å². The van der Waals surface area contributed by atoms with Crippen molar-refractivity contribution in [3.8, 4) is 0 Å². The zero-order valence-corrected chi connectivity index (χ0v) is 12.5. The summed E-state index contributed by atoms with van der Waals surface area (Å²) in [6.07, 6.45) is 0.640. The number of thioether (sulfide) groups is 1. The molecule has 0 aromatic rings. The molecule has 0 N–H and O–H groups in total. The number of nitrogens with zero attached hydrogens (tertiary/aromatic N) is 1. The van der Waals surface area contributed by atoms with Crippen molar-refractivity contribution in [3.63, 3.8) is 0 Å². The third-order valence-corrected chi connectivity index (χ3v) is 3.74. The first kappa shape index (κ1) is 16.0. The molecule has 0 aromatic heterocycles. The van der Waals surface area contributed by atoms with Crippen molar-refractivity contribution in [1.82, 2.24) is 4.90 Å². The highest BCUT2D eigenvalue weighted by molar-refractivity contribution is 7.99. The van der Waals surface area contributed by atoms with Crippen LogP contribution in [0.1, 0.15) is 48.0 Å². The van der Waals surface area contributed by atoms with E-state index in [4.69, 9.17) is 0 Å². The summed E-state index contributed by atoms with van der Waals surface area (Å²) < 4.78 is 0. The second kappa shape index (κ2) is 7.33. The van der Waals surface area contributed by atoms with Gasteiger partial charge in [0, 0.05) is 17.7 Å². The first-order chi connectivity index (χ1) is 7.38. The second-order valence-corrected chi connectivity index (χ2v) is 6.27. The van der Waals surface area contributed by atoms with E-state index in [9.17, 15) is 4.79 Å². The van der Waals surface area contributed by atoms with Crippen LogP contribution in [0.3, 0.4) is 0 Å². The lowest BCUT2D eigenvalue weighted by Crippen LogP contribution is -2.52. The highest BCUT2D eigenvalue weighted by atomic mass is 32.2. The molecule has 0 saturated heterocycles. The Morgan fingerprint density at radius 3 is 2.12 bits per heavy atom. The highest BCUT2D eigenvalue weighted by Gasteiger charge is 2.31. The summed E-state index contributed by atoms with van der Waals surface area (Å²) in [5.41, 5.74) is 0.0680. The Balaban J connectivity index is 4.76. The monoisotopic (exact) mass is 245 g/mol. The van der Waals surface area contributed by atoms with Crippen LogP contribution in [0.5, 0.6) is 0 Å². The number of hydrogen-bond donors (Lipinski definition) is 0. The summed E-state index contributed by atoms with van der Waals surface area (Å²) in [5, 5.41) is 0. The van der Waals surface area contributed by atoms with E-state index in [1.807, 2.05) is 18.7 Å². The van der Waals surface area contributed by atoms with Crippen molar-refractivity contribution in [3.05, 3.63) is 0 Å². The predicted octanol–water partition coefficient (Wildman–Crippen LogP) is 3.21. The molecule has 3 heteroatoms. The summed E-state index contributed by atoms with van der Waals surface area (Å²) in [7, 11) is 0. The third kappa shape index (κ3) is 4.88. The molecule has 0 amide bonds. The number of Topliss-reactive ketones (excluding diaryl/α,β-unsaturated/α-hetero) is 1. The van der Waals surface area contributed by atoms with Gasteiger partial charge in [0.1, 0.15) is 0 Å². The summed E-state index contributed by atoms with van der Waals surface area (Å²) in [5.74, 6) is 2.38. The third-order valence-electron chi connectivity index (χ3n) is 2.78. The number of carbonyl (C=O) groups is 1. The van der Waals surface area contributed by atoms with Crippen molar-refractivity contribution in [2.24, 2.45) is 0 Å². The normalized spacial score (nSPS) is 14.2. The van der Waals surface area contributed by atoms with Gasteiger partial charge in [-0.2, -0.15) is 11.8 Å². The minimum atomic E-state index is 0.0680. The number of carbonyl (C=O) groups excluding carboxylic acids is 1. The average Bonchev–Trinajstić information content (AvgIpc) is 2.21. The first-order valence-corrected chi connectivity index (χ1v) is 7.41. The number of hydrogen-bond acceptors (Lipinski definition) is 3. The largest absolute Gasteiger partial charge is 0.298 e. The van der Waals surface area contributed by atoms with E-state index in [-0.39, 0.29) is 11.6 Å². The Morgan fingerprint density at radius 1 is 1.25 bits per heavy atom. The summed E-state index contributed by atoms with van der Waals surface area (Å²) in [4.78, 5) is 14.3. The van der Waals surface area contributed by atoms with E-state index in [2.05, 4.69) is 39.5 Å². The smallest absolute Gasteiger partial charge is 0.150 e. The van der Waals surface area contributed by atoms with Crippen molar-refractivity contribution in [2.75, 3.05) is 18.1 Å². The Hall–Kier alpha value is -0.0200. The maximum absolute atomic E-state index is 12.0. The van der Waals surface area contributed by atoms with E-state index in [0.717, 1.165) is 18.1 Å². The SMILES string of the molecule is CCSCC(C(=O)CC)N(CC)C(C)(C)C. The number of likely N-dealkylation sites (N-methyl/N-ethyl adjacent to an activating group) is 1. The summed E-state index contributed by atoms with van der Waals surface area (Å²) >= 11 is 1.86. The molecule has 0 spiro atoms. The topological polar surface area (TPSA) is 20.3 Å². The van der Waals surface area contributed by atoms with Gasteiger partial charge < -0.3 is 0 Å². The van der Waals surface area contributed by atoms with Crippen molar-refractivity contribution in [2.45, 2.75) is 59.5 Å². The first-order valence-electron chi connectivity index (χ1n) is 6.25. The van der Waals surface area contributed by atoms with Gasteiger partial charge in [0.2, 0.25) is 0 Å². The fourth-order valence-corrected chi connectivity index (χ4v) is 2.81. The standard InChI is InChI=1S/C13H27NOS/c1-7-12(15)11(10-16-9-3)14(8-2)13(4,5)6/h11H,7-10H2,1-6H3. The lowest BCUT2D eigenvalue weighted by molar-refractivity contribution is -0.125. The summed E-state index contributed by atoms with van der Waals surface area (Å²) in [6.45, 7) is 13.7. The van der Waals surface area contributed by atoms with Crippen LogP contribution in [0.2, 0.25) is 0 Å². The van der Waals surface area contributed by atoms with Crippen LogP contribution in [0.15, 0.2) is 0 Å². The average molecular weight is 245 g/mol. The van der Waals surface area contributed by atoms with Crippen LogP contribution in [-0.2, 0) is 4.79 Å². The lowest BCUT2D eigenvalue weighted by Gasteiger charge is -2.40. The molecule has 1 unspecified atom stereocenters. The maximum Gasteiger partial charge on any atom is 0.150 e. The van der Waals surface area contributed by atoms with E-state index >= 15 is 0 Å². The highest BCUT2D eigenvalue weighted by Crippen LogP contribution is 2.20. The van der Waals surface area contributed by atoms with Gasteiger partial charge in [-0.25, -0.2) is 0 Å². The molecule has 16 heavy (non-hydrogen) atoms. The minimum Gasteiger partial charge on any atom is -0.298 e. The molecule has 0 aliphatic heterocycles. The van der Waals surface area contributed by atoms with Crippen LogP contribution in [0.25, 0.3) is 0 Å². The van der Waals surface area contributed by atoms with Gasteiger partial charge in [0.05, 0.1) is 6.04 Å². The van der Waals surface area contributed by atoms with Gasteiger partial charge in [-0.15, -0.1) is 0 Å². The quantitative estimate of drug-likeness (QED) is 0.687.